The van der Waals surface area contributed by atoms with Crippen LogP contribution in [0.4, 0.5) is 0 Å². The van der Waals surface area contributed by atoms with Gasteiger partial charge in [-0.3, -0.25) is 9.69 Å². The van der Waals surface area contributed by atoms with Gasteiger partial charge in [-0.25, -0.2) is 13.1 Å². The van der Waals surface area contributed by atoms with E-state index in [1.165, 1.54) is 37.8 Å². The van der Waals surface area contributed by atoms with Gasteiger partial charge in [0.05, 0.1) is 4.90 Å². The third-order valence-electron chi connectivity index (χ3n) is 5.37. The molecule has 7 heteroatoms. The van der Waals surface area contributed by atoms with E-state index in [0.29, 0.717) is 18.2 Å². The lowest BCUT2D eigenvalue weighted by molar-refractivity contribution is 0.0912. The average molecular weight is 394 g/mol. The fourth-order valence-electron chi connectivity index (χ4n) is 3.53. The van der Waals surface area contributed by atoms with Crippen LogP contribution >= 0.6 is 0 Å². The summed E-state index contributed by atoms with van der Waals surface area (Å²) in [6, 6.07) is 6.67. The maximum Gasteiger partial charge on any atom is 0.251 e. The summed E-state index contributed by atoms with van der Waals surface area (Å²) in [7, 11) is -3.47. The van der Waals surface area contributed by atoms with Gasteiger partial charge in [-0.05, 0) is 69.5 Å². The molecule has 1 heterocycles. The van der Waals surface area contributed by atoms with Gasteiger partial charge in [0.25, 0.3) is 5.91 Å². The number of carbonyl (C=O) groups excluding carboxylic acids is 1. The quantitative estimate of drug-likeness (QED) is 0.676. The van der Waals surface area contributed by atoms with Gasteiger partial charge in [-0.15, -0.1) is 0 Å². The van der Waals surface area contributed by atoms with Crippen molar-refractivity contribution in [2.24, 2.45) is 0 Å². The summed E-state index contributed by atoms with van der Waals surface area (Å²) in [5.74, 6) is -0.143. The van der Waals surface area contributed by atoms with Crippen molar-refractivity contribution < 1.29 is 13.2 Å². The fourth-order valence-corrected chi connectivity index (χ4v) is 4.84. The van der Waals surface area contributed by atoms with Crippen molar-refractivity contribution in [2.45, 2.75) is 68.8 Å². The van der Waals surface area contributed by atoms with Crippen LogP contribution in [0.5, 0.6) is 0 Å². The molecule has 1 saturated heterocycles. The van der Waals surface area contributed by atoms with E-state index in [-0.39, 0.29) is 16.8 Å². The highest BCUT2D eigenvalue weighted by Crippen LogP contribution is 2.22. The van der Waals surface area contributed by atoms with E-state index in [2.05, 4.69) is 21.9 Å². The summed E-state index contributed by atoms with van der Waals surface area (Å²) in [5, 5.41) is 3.03. The van der Waals surface area contributed by atoms with Crippen molar-refractivity contribution >= 4 is 15.9 Å². The van der Waals surface area contributed by atoms with Gasteiger partial charge >= 0.3 is 0 Å². The highest BCUT2D eigenvalue weighted by Gasteiger charge is 2.28. The molecule has 0 radical (unpaired) electrons. The van der Waals surface area contributed by atoms with E-state index in [4.69, 9.17) is 0 Å². The second-order valence-electron chi connectivity index (χ2n) is 7.67. The molecule has 150 valence electrons. The second-order valence-corrected chi connectivity index (χ2v) is 9.38. The lowest BCUT2D eigenvalue weighted by Crippen LogP contribution is -2.47. The predicted molar refractivity (Wildman–Crippen MR) is 106 cm³/mol. The molecule has 2 aliphatic rings. The van der Waals surface area contributed by atoms with Crippen molar-refractivity contribution in [1.82, 2.24) is 14.9 Å². The maximum atomic E-state index is 12.5. The molecule has 3 rings (SSSR count). The number of amides is 1. The molecule has 1 unspecified atom stereocenters. The van der Waals surface area contributed by atoms with Gasteiger partial charge in [0, 0.05) is 24.2 Å². The Bertz CT molecular complexity index is 729. The lowest BCUT2D eigenvalue weighted by Gasteiger charge is -2.35. The largest absolute Gasteiger partial charge is 0.350 e. The van der Waals surface area contributed by atoms with Crippen LogP contribution in [0.1, 0.15) is 62.2 Å². The van der Waals surface area contributed by atoms with Crippen molar-refractivity contribution in [3.8, 4) is 0 Å². The van der Waals surface area contributed by atoms with Crippen LogP contribution in [-0.2, 0) is 10.0 Å². The molecule has 1 amide bonds. The number of sulfonamides is 1. The van der Waals surface area contributed by atoms with Crippen LogP contribution in [0.25, 0.3) is 0 Å². The van der Waals surface area contributed by atoms with E-state index >= 15 is 0 Å². The highest BCUT2D eigenvalue weighted by molar-refractivity contribution is 7.89. The first-order valence-corrected chi connectivity index (χ1v) is 11.6. The zero-order valence-corrected chi connectivity index (χ0v) is 16.9. The molecule has 1 aliphatic carbocycles. The molecular formula is C20H31N3O3S. The molecule has 1 aliphatic heterocycles. The van der Waals surface area contributed by atoms with Crippen LogP contribution in [0.15, 0.2) is 29.2 Å². The number of nitrogens with one attached hydrogen (secondary N) is 2. The Kier molecular flexibility index (Phi) is 6.89. The predicted octanol–water partition coefficient (Wildman–Crippen LogP) is 2.51. The minimum atomic E-state index is -3.47. The first-order valence-electron chi connectivity index (χ1n) is 10.1. The Morgan fingerprint density at radius 2 is 1.89 bits per heavy atom. The zero-order chi connectivity index (χ0) is 19.3. The maximum absolute atomic E-state index is 12.5. The minimum absolute atomic E-state index is 0.0733. The summed E-state index contributed by atoms with van der Waals surface area (Å²) >= 11 is 0. The molecule has 2 fully saturated rings. The molecule has 1 aromatic rings. The van der Waals surface area contributed by atoms with Crippen molar-refractivity contribution in [1.29, 1.82) is 0 Å². The normalized spacial score (nSPS) is 21.1. The summed E-state index contributed by atoms with van der Waals surface area (Å²) in [5.41, 5.74) is 0.497. The van der Waals surface area contributed by atoms with Crippen LogP contribution in [-0.4, -0.2) is 50.9 Å². The van der Waals surface area contributed by atoms with Gasteiger partial charge < -0.3 is 5.32 Å². The van der Waals surface area contributed by atoms with E-state index in [0.717, 1.165) is 32.4 Å². The highest BCUT2D eigenvalue weighted by atomic mass is 32.2. The molecule has 0 bridgehead atoms. The van der Waals surface area contributed by atoms with Crippen LogP contribution in [0.3, 0.4) is 0 Å². The molecule has 1 saturated carbocycles. The first-order chi connectivity index (χ1) is 13.0. The Labute approximate surface area is 162 Å². The third-order valence-corrected chi connectivity index (χ3v) is 6.91. The Morgan fingerprint density at radius 1 is 1.15 bits per heavy atom. The summed E-state index contributed by atoms with van der Waals surface area (Å²) in [6.07, 6.45) is 7.73. The Morgan fingerprint density at radius 3 is 2.56 bits per heavy atom. The lowest BCUT2D eigenvalue weighted by atomic mass is 10.0. The molecule has 1 aromatic carbocycles. The van der Waals surface area contributed by atoms with Crippen molar-refractivity contribution in [3.63, 3.8) is 0 Å². The van der Waals surface area contributed by atoms with E-state index in [1.54, 1.807) is 12.1 Å². The van der Waals surface area contributed by atoms with Crippen molar-refractivity contribution in [3.05, 3.63) is 29.8 Å². The Balaban J connectivity index is 1.54. The number of carbonyl (C=O) groups is 1. The van der Waals surface area contributed by atoms with Crippen molar-refractivity contribution in [2.75, 3.05) is 19.6 Å². The number of nitrogens with zero attached hydrogens (tertiary/aromatic N) is 1. The number of unbranched alkanes of at least 4 members (excludes halogenated alkanes) is 1. The SMILES string of the molecule is CCCCN1CCCCC1CNC(=O)c1ccc(S(=O)(=O)NC2CC2)cc1. The zero-order valence-electron chi connectivity index (χ0n) is 16.1. The summed E-state index contributed by atoms with van der Waals surface area (Å²) < 4.78 is 27.1. The second kappa shape index (κ2) is 9.17. The van der Waals surface area contributed by atoms with Gasteiger partial charge in [-0.2, -0.15) is 0 Å². The van der Waals surface area contributed by atoms with Crippen LogP contribution in [0, 0.1) is 0 Å². The molecule has 27 heavy (non-hydrogen) atoms. The molecule has 6 nitrogen and oxygen atoms in total. The number of rotatable bonds is 9. The van der Waals surface area contributed by atoms with Gasteiger partial charge in [-0.1, -0.05) is 19.8 Å². The molecular weight excluding hydrogens is 362 g/mol. The minimum Gasteiger partial charge on any atom is -0.350 e. The summed E-state index contributed by atoms with van der Waals surface area (Å²) in [4.78, 5) is 15.2. The topological polar surface area (TPSA) is 78.5 Å². The third kappa shape index (κ3) is 5.77. The summed E-state index contributed by atoms with van der Waals surface area (Å²) in [6.45, 7) is 5.05. The molecule has 1 atom stereocenters. The standard InChI is InChI=1S/C20H31N3O3S/c1-2-3-13-23-14-5-4-6-18(23)15-21-20(24)16-7-11-19(12-8-16)27(25,26)22-17-9-10-17/h7-8,11-12,17-18,22H,2-6,9-10,13-15H2,1H3,(H,21,24). The number of likely N-dealkylation sites (tertiary alicyclic amines) is 1. The molecule has 0 aromatic heterocycles. The van der Waals surface area contributed by atoms with Crippen LogP contribution in [0.2, 0.25) is 0 Å². The first kappa shape index (κ1) is 20.3. The molecule has 2 N–H and O–H groups in total. The fraction of sp³-hybridized carbons (Fsp3) is 0.650. The average Bonchev–Trinajstić information content (AvgIpc) is 3.48. The van der Waals surface area contributed by atoms with E-state index < -0.39 is 10.0 Å². The van der Waals surface area contributed by atoms with Gasteiger partial charge in [0.1, 0.15) is 0 Å². The number of piperidine rings is 1. The monoisotopic (exact) mass is 393 g/mol. The van der Waals surface area contributed by atoms with Crippen LogP contribution < -0.4 is 10.0 Å². The number of hydrogen-bond donors (Lipinski definition) is 2. The molecule has 0 spiro atoms. The van der Waals surface area contributed by atoms with Gasteiger partial charge in [0.2, 0.25) is 10.0 Å². The smallest absolute Gasteiger partial charge is 0.251 e. The van der Waals surface area contributed by atoms with Gasteiger partial charge in [0.15, 0.2) is 0 Å². The Hall–Kier alpha value is -1.44. The number of benzene rings is 1. The van der Waals surface area contributed by atoms with E-state index in [1.807, 2.05) is 0 Å². The van der Waals surface area contributed by atoms with E-state index in [9.17, 15) is 13.2 Å². The number of hydrogen-bond acceptors (Lipinski definition) is 4.